The Balaban J connectivity index is 2.86. The lowest BCUT2D eigenvalue weighted by molar-refractivity contribution is -0.0387. The van der Waals surface area contributed by atoms with E-state index in [2.05, 4.69) is 20.8 Å². The molecular weight excluding hydrogens is 376 g/mol. The van der Waals surface area contributed by atoms with E-state index in [1.165, 1.54) is 7.11 Å². The van der Waals surface area contributed by atoms with Crippen LogP contribution in [0.3, 0.4) is 0 Å². The molecule has 2 amide bonds. The molecule has 0 aliphatic carbocycles. The number of carbonyl (C=O) groups excluding carboxylic acids is 2. The molecule has 0 unspecified atom stereocenters. The summed E-state index contributed by atoms with van der Waals surface area (Å²) in [5, 5.41) is 1.83. The Morgan fingerprint density at radius 2 is 1.45 bits per heavy atom. The summed E-state index contributed by atoms with van der Waals surface area (Å²) < 4.78 is 16.0. The standard InChI is InChI=1S/C21H32N2O6/c1-10-27-18(24)22-15-16(26-9)13(20(3,4)5)12-14(21(6,7)8)17(15)29-23(22)19(25)28-11-2/h12H,10-11H2,1-9H3. The fourth-order valence-corrected chi connectivity index (χ4v) is 3.11. The predicted octanol–water partition coefficient (Wildman–Crippen LogP) is 4.93. The number of nitrogens with zero attached hydrogens (tertiary/aromatic N) is 2. The summed E-state index contributed by atoms with van der Waals surface area (Å²) in [5.74, 6) is 0.809. The highest BCUT2D eigenvalue weighted by Crippen LogP contribution is 2.53. The highest BCUT2D eigenvalue weighted by Gasteiger charge is 2.47. The maximum Gasteiger partial charge on any atom is 0.464 e. The second-order valence-electron chi connectivity index (χ2n) is 8.76. The quantitative estimate of drug-likeness (QED) is 0.705. The summed E-state index contributed by atoms with van der Waals surface area (Å²) in [6.07, 6.45) is -1.58. The van der Waals surface area contributed by atoms with Crippen molar-refractivity contribution in [3.05, 3.63) is 17.2 Å². The van der Waals surface area contributed by atoms with Gasteiger partial charge in [0.1, 0.15) is 0 Å². The van der Waals surface area contributed by atoms with Gasteiger partial charge in [0.25, 0.3) is 0 Å². The third kappa shape index (κ3) is 4.21. The Hall–Kier alpha value is -2.64. The zero-order valence-corrected chi connectivity index (χ0v) is 18.8. The Morgan fingerprint density at radius 3 is 1.90 bits per heavy atom. The number of fused-ring (bicyclic) bond motifs is 1. The highest BCUT2D eigenvalue weighted by molar-refractivity contribution is 5.97. The second-order valence-corrected chi connectivity index (χ2v) is 8.76. The minimum absolute atomic E-state index is 0.127. The van der Waals surface area contributed by atoms with Crippen LogP contribution in [0, 0.1) is 0 Å². The zero-order chi connectivity index (χ0) is 22.1. The maximum absolute atomic E-state index is 12.8. The largest absolute Gasteiger partial charge is 0.494 e. The van der Waals surface area contributed by atoms with Crippen molar-refractivity contribution in [2.24, 2.45) is 0 Å². The summed E-state index contributed by atoms with van der Waals surface area (Å²) >= 11 is 0. The summed E-state index contributed by atoms with van der Waals surface area (Å²) in [6, 6.07) is 2.01. The fraction of sp³-hybridized carbons (Fsp3) is 0.619. The molecule has 0 saturated carbocycles. The minimum Gasteiger partial charge on any atom is -0.494 e. The Morgan fingerprint density at radius 1 is 0.931 bits per heavy atom. The van der Waals surface area contributed by atoms with Crippen molar-refractivity contribution in [2.75, 3.05) is 25.3 Å². The molecule has 8 heteroatoms. The molecule has 1 heterocycles. The number of methoxy groups -OCH3 is 1. The van der Waals surface area contributed by atoms with E-state index >= 15 is 0 Å². The lowest BCUT2D eigenvalue weighted by atomic mass is 9.79. The van der Waals surface area contributed by atoms with Gasteiger partial charge < -0.3 is 19.0 Å². The van der Waals surface area contributed by atoms with Crippen LogP contribution in [0.1, 0.15) is 66.5 Å². The molecule has 29 heavy (non-hydrogen) atoms. The van der Waals surface area contributed by atoms with Gasteiger partial charge in [0.15, 0.2) is 17.2 Å². The zero-order valence-electron chi connectivity index (χ0n) is 18.8. The van der Waals surface area contributed by atoms with Gasteiger partial charge in [-0.05, 0) is 35.9 Å². The molecule has 0 spiro atoms. The van der Waals surface area contributed by atoms with Crippen LogP contribution in [0.15, 0.2) is 6.07 Å². The Kier molecular flexibility index (Phi) is 6.25. The molecule has 0 radical (unpaired) electrons. The van der Waals surface area contributed by atoms with Crippen molar-refractivity contribution in [2.45, 2.75) is 66.2 Å². The monoisotopic (exact) mass is 408 g/mol. The van der Waals surface area contributed by atoms with E-state index in [0.29, 0.717) is 17.2 Å². The van der Waals surface area contributed by atoms with Gasteiger partial charge in [0.05, 0.1) is 20.3 Å². The number of benzene rings is 1. The van der Waals surface area contributed by atoms with Crippen LogP contribution in [0.4, 0.5) is 15.3 Å². The molecule has 0 saturated heterocycles. The number of hydroxylamine groups is 1. The second kappa shape index (κ2) is 8.00. The predicted molar refractivity (Wildman–Crippen MR) is 109 cm³/mol. The minimum atomic E-state index is -0.823. The molecule has 2 rings (SSSR count). The number of hydrogen-bond donors (Lipinski definition) is 0. The van der Waals surface area contributed by atoms with Gasteiger partial charge in [0.2, 0.25) is 0 Å². The van der Waals surface area contributed by atoms with Gasteiger partial charge in [-0.15, -0.1) is 5.01 Å². The third-order valence-electron chi connectivity index (χ3n) is 4.46. The van der Waals surface area contributed by atoms with E-state index in [4.69, 9.17) is 19.0 Å². The van der Waals surface area contributed by atoms with Gasteiger partial charge in [0, 0.05) is 11.1 Å². The van der Waals surface area contributed by atoms with Crippen LogP contribution in [0.5, 0.6) is 11.5 Å². The Labute approximate surface area is 172 Å². The van der Waals surface area contributed by atoms with Crippen LogP contribution in [0.2, 0.25) is 0 Å². The first-order chi connectivity index (χ1) is 13.4. The molecule has 0 fully saturated rings. The molecule has 162 valence electrons. The summed E-state index contributed by atoms with van der Waals surface area (Å²) in [4.78, 5) is 31.3. The number of carbonyl (C=O) groups is 2. The number of anilines is 1. The van der Waals surface area contributed by atoms with Crippen LogP contribution in [-0.2, 0) is 20.3 Å². The van der Waals surface area contributed by atoms with Crippen LogP contribution in [0.25, 0.3) is 0 Å². The van der Waals surface area contributed by atoms with Crippen LogP contribution in [-0.4, -0.2) is 37.7 Å². The first kappa shape index (κ1) is 22.6. The number of rotatable bonds is 3. The smallest absolute Gasteiger partial charge is 0.464 e. The number of ether oxygens (including phenoxy) is 3. The van der Waals surface area contributed by atoms with Crippen molar-refractivity contribution in [3.63, 3.8) is 0 Å². The fourth-order valence-electron chi connectivity index (χ4n) is 3.11. The van der Waals surface area contributed by atoms with E-state index in [-0.39, 0.29) is 24.0 Å². The normalized spacial score (nSPS) is 13.7. The topological polar surface area (TPSA) is 77.5 Å². The molecule has 0 atom stereocenters. The lowest BCUT2D eigenvalue weighted by Crippen LogP contribution is -2.48. The molecule has 1 aromatic carbocycles. The SMILES string of the molecule is CCOC(=O)N1Oc2c(C(C)(C)C)cc(C(C)(C)C)c(OC)c2N1C(=O)OCC. The molecular formula is C21H32N2O6. The number of hydrogen-bond acceptors (Lipinski definition) is 6. The molecule has 1 aromatic rings. The molecule has 1 aliphatic heterocycles. The summed E-state index contributed by atoms with van der Waals surface area (Å²) in [7, 11) is 1.53. The van der Waals surface area contributed by atoms with Gasteiger partial charge >= 0.3 is 12.2 Å². The molecule has 0 aromatic heterocycles. The highest BCUT2D eigenvalue weighted by atomic mass is 16.8. The number of hydrazine groups is 1. The van der Waals surface area contributed by atoms with Crippen molar-refractivity contribution in [1.82, 2.24) is 5.17 Å². The molecule has 0 N–H and O–H groups in total. The van der Waals surface area contributed by atoms with Crippen molar-refractivity contribution in [3.8, 4) is 11.5 Å². The van der Waals surface area contributed by atoms with Crippen LogP contribution < -0.4 is 14.6 Å². The summed E-state index contributed by atoms with van der Waals surface area (Å²) in [5.41, 5.74) is 1.42. The first-order valence-corrected chi connectivity index (χ1v) is 9.76. The van der Waals surface area contributed by atoms with Crippen molar-refractivity contribution < 1.29 is 28.6 Å². The Bertz CT molecular complexity index is 792. The first-order valence-electron chi connectivity index (χ1n) is 9.76. The third-order valence-corrected chi connectivity index (χ3v) is 4.46. The van der Waals surface area contributed by atoms with E-state index in [9.17, 15) is 9.59 Å². The van der Waals surface area contributed by atoms with Gasteiger partial charge in [-0.3, -0.25) is 0 Å². The van der Waals surface area contributed by atoms with E-state index < -0.39 is 12.2 Å². The van der Waals surface area contributed by atoms with Gasteiger partial charge in [-0.2, -0.15) is 0 Å². The average Bonchev–Trinajstić information content (AvgIpc) is 2.99. The lowest BCUT2D eigenvalue weighted by Gasteiger charge is -2.29. The van der Waals surface area contributed by atoms with Crippen LogP contribution >= 0.6 is 0 Å². The van der Waals surface area contributed by atoms with E-state index in [0.717, 1.165) is 21.3 Å². The van der Waals surface area contributed by atoms with Crippen molar-refractivity contribution in [1.29, 1.82) is 0 Å². The molecule has 8 nitrogen and oxygen atoms in total. The summed E-state index contributed by atoms with van der Waals surface area (Å²) in [6.45, 7) is 15.9. The maximum atomic E-state index is 12.8. The van der Waals surface area contributed by atoms with Gasteiger partial charge in [-0.1, -0.05) is 41.5 Å². The molecule has 0 bridgehead atoms. The number of amides is 2. The van der Waals surface area contributed by atoms with Gasteiger partial charge in [-0.25, -0.2) is 9.59 Å². The average molecular weight is 408 g/mol. The van der Waals surface area contributed by atoms with E-state index in [1.54, 1.807) is 13.8 Å². The van der Waals surface area contributed by atoms with Crippen molar-refractivity contribution >= 4 is 17.9 Å². The van der Waals surface area contributed by atoms with E-state index in [1.807, 2.05) is 26.8 Å². The molecule has 1 aliphatic rings.